The number of hydrogen-bond acceptors (Lipinski definition) is 7. The topological polar surface area (TPSA) is 82.5 Å². The SMILES string of the molecule is Cc1ccc(-n2c(SCc3noc(-c4ccc(Cl)cc4)n3)nnc2-c2ccncc2)cc1C. The van der Waals surface area contributed by atoms with Gasteiger partial charge < -0.3 is 4.52 Å². The third-order valence-corrected chi connectivity index (χ3v) is 6.39. The van der Waals surface area contributed by atoms with Gasteiger partial charge in [0.05, 0.1) is 11.4 Å². The van der Waals surface area contributed by atoms with E-state index in [1.165, 1.54) is 22.9 Å². The van der Waals surface area contributed by atoms with Crippen molar-refractivity contribution in [2.45, 2.75) is 24.8 Å². The molecule has 5 aromatic rings. The van der Waals surface area contributed by atoms with E-state index in [9.17, 15) is 0 Å². The van der Waals surface area contributed by atoms with E-state index in [1.807, 2.05) is 28.8 Å². The number of rotatable bonds is 6. The Balaban J connectivity index is 1.45. The number of aryl methyl sites for hydroxylation is 2. The van der Waals surface area contributed by atoms with Crippen molar-refractivity contribution in [3.8, 4) is 28.5 Å². The van der Waals surface area contributed by atoms with Crippen LogP contribution in [0.4, 0.5) is 0 Å². The van der Waals surface area contributed by atoms with Crippen molar-refractivity contribution < 1.29 is 4.52 Å². The molecule has 0 fully saturated rings. The Morgan fingerprint density at radius 1 is 0.909 bits per heavy atom. The van der Waals surface area contributed by atoms with E-state index in [1.54, 1.807) is 24.5 Å². The average molecular weight is 475 g/mol. The zero-order valence-electron chi connectivity index (χ0n) is 17.9. The summed E-state index contributed by atoms with van der Waals surface area (Å²) in [4.78, 5) is 8.63. The van der Waals surface area contributed by atoms with Gasteiger partial charge in [-0.1, -0.05) is 34.6 Å². The molecule has 0 bridgehead atoms. The van der Waals surface area contributed by atoms with E-state index < -0.39 is 0 Å². The van der Waals surface area contributed by atoms with Crippen LogP contribution >= 0.6 is 23.4 Å². The molecule has 7 nitrogen and oxygen atoms in total. The Kier molecular flexibility index (Phi) is 5.93. The van der Waals surface area contributed by atoms with Gasteiger partial charge in [-0.2, -0.15) is 4.98 Å². The van der Waals surface area contributed by atoms with Gasteiger partial charge in [0.15, 0.2) is 16.8 Å². The molecule has 0 atom stereocenters. The molecular formula is C24H19ClN6OS. The first-order chi connectivity index (χ1) is 16.1. The molecule has 5 rings (SSSR count). The highest BCUT2D eigenvalue weighted by Crippen LogP contribution is 2.30. The molecule has 3 heterocycles. The lowest BCUT2D eigenvalue weighted by Gasteiger charge is -2.12. The zero-order valence-corrected chi connectivity index (χ0v) is 19.5. The van der Waals surface area contributed by atoms with Crippen molar-refractivity contribution in [3.63, 3.8) is 0 Å². The highest BCUT2D eigenvalue weighted by Gasteiger charge is 2.18. The summed E-state index contributed by atoms with van der Waals surface area (Å²) in [6.07, 6.45) is 3.50. The Morgan fingerprint density at radius 2 is 1.70 bits per heavy atom. The maximum atomic E-state index is 5.96. The molecule has 0 aliphatic heterocycles. The maximum Gasteiger partial charge on any atom is 0.257 e. The van der Waals surface area contributed by atoms with Crippen LogP contribution in [0.5, 0.6) is 0 Å². The van der Waals surface area contributed by atoms with Crippen LogP contribution in [-0.2, 0) is 5.75 Å². The fourth-order valence-corrected chi connectivity index (χ4v) is 4.22. The average Bonchev–Trinajstić information content (AvgIpc) is 3.48. The van der Waals surface area contributed by atoms with Gasteiger partial charge in [-0.15, -0.1) is 10.2 Å². The van der Waals surface area contributed by atoms with Gasteiger partial charge in [-0.25, -0.2) is 0 Å². The third-order valence-electron chi connectivity index (χ3n) is 5.21. The van der Waals surface area contributed by atoms with Crippen LogP contribution in [0, 0.1) is 13.8 Å². The quantitative estimate of drug-likeness (QED) is 0.281. The summed E-state index contributed by atoms with van der Waals surface area (Å²) in [5.41, 5.74) is 5.18. The minimum absolute atomic E-state index is 0.454. The minimum atomic E-state index is 0.454. The summed E-state index contributed by atoms with van der Waals surface area (Å²) in [6.45, 7) is 4.19. The van der Waals surface area contributed by atoms with Crippen LogP contribution in [0.1, 0.15) is 17.0 Å². The van der Waals surface area contributed by atoms with Crippen LogP contribution in [0.3, 0.4) is 0 Å². The molecule has 0 radical (unpaired) electrons. The summed E-state index contributed by atoms with van der Waals surface area (Å²) in [6, 6.07) is 17.5. The van der Waals surface area contributed by atoms with Crippen LogP contribution < -0.4 is 0 Å². The number of halogens is 1. The van der Waals surface area contributed by atoms with E-state index in [0.717, 1.165) is 27.8 Å². The molecule has 164 valence electrons. The summed E-state index contributed by atoms with van der Waals surface area (Å²) >= 11 is 7.46. The number of nitrogens with zero attached hydrogens (tertiary/aromatic N) is 6. The Hall–Kier alpha value is -3.49. The number of aromatic nitrogens is 6. The predicted octanol–water partition coefficient (Wildman–Crippen LogP) is 5.94. The lowest BCUT2D eigenvalue weighted by Crippen LogP contribution is -2.01. The first-order valence-corrected chi connectivity index (χ1v) is 11.6. The van der Waals surface area contributed by atoms with Crippen molar-refractivity contribution >= 4 is 23.4 Å². The summed E-state index contributed by atoms with van der Waals surface area (Å²) in [7, 11) is 0. The molecule has 9 heteroatoms. The molecular weight excluding hydrogens is 456 g/mol. The zero-order chi connectivity index (χ0) is 22.8. The molecule has 0 saturated carbocycles. The highest BCUT2D eigenvalue weighted by molar-refractivity contribution is 7.98. The fourth-order valence-electron chi connectivity index (χ4n) is 3.30. The lowest BCUT2D eigenvalue weighted by atomic mass is 10.1. The normalized spacial score (nSPS) is 11.1. The number of thioether (sulfide) groups is 1. The molecule has 3 aromatic heterocycles. The Bertz CT molecular complexity index is 1400. The van der Waals surface area contributed by atoms with E-state index in [-0.39, 0.29) is 0 Å². The first kappa shape index (κ1) is 21.4. The van der Waals surface area contributed by atoms with Crippen LogP contribution in [0.2, 0.25) is 5.02 Å². The molecule has 0 N–H and O–H groups in total. The van der Waals surface area contributed by atoms with Crippen molar-refractivity contribution in [2.75, 3.05) is 0 Å². The standard InChI is InChI=1S/C24H19ClN6OS/c1-15-3-8-20(13-16(15)2)31-22(17-9-11-26-12-10-17)28-29-24(31)33-14-21-27-23(32-30-21)18-4-6-19(25)7-5-18/h3-13H,14H2,1-2H3. The number of pyridine rings is 1. The number of benzene rings is 2. The van der Waals surface area contributed by atoms with Crippen molar-refractivity contribution in [2.24, 2.45) is 0 Å². The molecule has 33 heavy (non-hydrogen) atoms. The molecule has 0 aliphatic rings. The second-order valence-electron chi connectivity index (χ2n) is 7.46. The smallest absolute Gasteiger partial charge is 0.257 e. The highest BCUT2D eigenvalue weighted by atomic mass is 35.5. The maximum absolute atomic E-state index is 5.96. The molecule has 0 saturated heterocycles. The Morgan fingerprint density at radius 3 is 2.45 bits per heavy atom. The van der Waals surface area contributed by atoms with E-state index in [0.29, 0.717) is 22.5 Å². The van der Waals surface area contributed by atoms with Crippen molar-refractivity contribution in [1.82, 2.24) is 29.9 Å². The first-order valence-electron chi connectivity index (χ1n) is 10.2. The van der Waals surface area contributed by atoms with E-state index in [4.69, 9.17) is 16.1 Å². The Labute approximate surface area is 199 Å². The second-order valence-corrected chi connectivity index (χ2v) is 8.84. The molecule has 0 unspecified atom stereocenters. The van der Waals surface area contributed by atoms with Gasteiger partial charge in [-0.05, 0) is 73.5 Å². The lowest BCUT2D eigenvalue weighted by molar-refractivity contribution is 0.425. The van der Waals surface area contributed by atoms with Crippen molar-refractivity contribution in [1.29, 1.82) is 0 Å². The van der Waals surface area contributed by atoms with Crippen LogP contribution in [-0.4, -0.2) is 29.9 Å². The van der Waals surface area contributed by atoms with Crippen molar-refractivity contribution in [3.05, 3.63) is 89.0 Å². The largest absolute Gasteiger partial charge is 0.334 e. The second kappa shape index (κ2) is 9.17. The van der Waals surface area contributed by atoms with Gasteiger partial charge in [0, 0.05) is 28.5 Å². The summed E-state index contributed by atoms with van der Waals surface area (Å²) < 4.78 is 7.48. The van der Waals surface area contributed by atoms with E-state index in [2.05, 4.69) is 57.4 Å². The monoisotopic (exact) mass is 474 g/mol. The van der Waals surface area contributed by atoms with Gasteiger partial charge in [0.25, 0.3) is 5.89 Å². The third kappa shape index (κ3) is 4.53. The minimum Gasteiger partial charge on any atom is -0.334 e. The molecule has 0 spiro atoms. The van der Waals surface area contributed by atoms with Gasteiger partial charge in [-0.3, -0.25) is 9.55 Å². The molecule has 0 amide bonds. The van der Waals surface area contributed by atoms with Gasteiger partial charge in [0.1, 0.15) is 0 Å². The number of hydrogen-bond donors (Lipinski definition) is 0. The van der Waals surface area contributed by atoms with Crippen LogP contribution in [0.15, 0.2) is 76.7 Å². The van der Waals surface area contributed by atoms with E-state index >= 15 is 0 Å². The summed E-state index contributed by atoms with van der Waals surface area (Å²) in [5, 5.41) is 14.5. The van der Waals surface area contributed by atoms with Gasteiger partial charge >= 0.3 is 0 Å². The summed E-state index contributed by atoms with van der Waals surface area (Å²) in [5.74, 6) is 2.26. The molecule has 2 aromatic carbocycles. The predicted molar refractivity (Wildman–Crippen MR) is 128 cm³/mol. The molecule has 0 aliphatic carbocycles. The fraction of sp³-hybridized carbons (Fsp3) is 0.125. The van der Waals surface area contributed by atoms with Crippen LogP contribution in [0.25, 0.3) is 28.5 Å². The van der Waals surface area contributed by atoms with Gasteiger partial charge in [0.2, 0.25) is 0 Å².